The predicted octanol–water partition coefficient (Wildman–Crippen LogP) is 3.51. The standard InChI is InChI=1S/C20H28N2O4S2/c1-5-15(3)21-27(23,24)19-11-7-17(8-12-19)18-9-13-20(14-10-18)28(25,26)22-16(4)6-2/h7-16,21-22H,5-6H2,1-4H3/t15-,16-/m1/s1. The monoisotopic (exact) mass is 424 g/mol. The lowest BCUT2D eigenvalue weighted by Crippen LogP contribution is -2.32. The summed E-state index contributed by atoms with van der Waals surface area (Å²) in [5.74, 6) is 0. The van der Waals surface area contributed by atoms with E-state index in [1.54, 1.807) is 48.5 Å². The van der Waals surface area contributed by atoms with Crippen LogP contribution in [0.15, 0.2) is 58.3 Å². The van der Waals surface area contributed by atoms with Crippen LogP contribution in [-0.2, 0) is 20.0 Å². The van der Waals surface area contributed by atoms with Gasteiger partial charge in [-0.1, -0.05) is 38.1 Å². The first-order valence-corrected chi connectivity index (χ1v) is 12.3. The average Bonchev–Trinajstić information content (AvgIpc) is 2.67. The Kier molecular flexibility index (Phi) is 7.39. The molecule has 28 heavy (non-hydrogen) atoms. The lowest BCUT2D eigenvalue weighted by Gasteiger charge is -2.13. The maximum Gasteiger partial charge on any atom is 0.240 e. The Hall–Kier alpha value is -1.74. The highest BCUT2D eigenvalue weighted by Gasteiger charge is 2.18. The highest BCUT2D eigenvalue weighted by Crippen LogP contribution is 2.23. The Balaban J connectivity index is 2.21. The van der Waals surface area contributed by atoms with Crippen molar-refractivity contribution in [1.82, 2.24) is 9.44 Å². The summed E-state index contributed by atoms with van der Waals surface area (Å²) in [6.45, 7) is 7.46. The summed E-state index contributed by atoms with van der Waals surface area (Å²) in [5, 5.41) is 0. The molecule has 0 saturated heterocycles. The van der Waals surface area contributed by atoms with Gasteiger partial charge in [0.25, 0.3) is 0 Å². The first-order chi connectivity index (χ1) is 13.1. The molecule has 154 valence electrons. The van der Waals surface area contributed by atoms with Gasteiger partial charge >= 0.3 is 0 Å². The van der Waals surface area contributed by atoms with E-state index in [1.807, 2.05) is 27.7 Å². The molecule has 0 radical (unpaired) electrons. The van der Waals surface area contributed by atoms with Crippen molar-refractivity contribution in [3.8, 4) is 11.1 Å². The van der Waals surface area contributed by atoms with E-state index in [2.05, 4.69) is 9.44 Å². The largest absolute Gasteiger partial charge is 0.240 e. The molecule has 0 unspecified atom stereocenters. The van der Waals surface area contributed by atoms with Gasteiger partial charge in [-0.25, -0.2) is 26.3 Å². The van der Waals surface area contributed by atoms with Gasteiger partial charge in [-0.2, -0.15) is 0 Å². The zero-order valence-corrected chi connectivity index (χ0v) is 18.3. The zero-order valence-electron chi connectivity index (χ0n) is 16.6. The topological polar surface area (TPSA) is 92.3 Å². The van der Waals surface area contributed by atoms with Crippen molar-refractivity contribution in [2.75, 3.05) is 0 Å². The van der Waals surface area contributed by atoms with E-state index in [0.29, 0.717) is 12.8 Å². The second kappa shape index (κ2) is 9.17. The van der Waals surface area contributed by atoms with Gasteiger partial charge in [0.05, 0.1) is 9.79 Å². The number of hydrogen-bond acceptors (Lipinski definition) is 4. The van der Waals surface area contributed by atoms with E-state index in [1.165, 1.54) is 0 Å². The van der Waals surface area contributed by atoms with Crippen LogP contribution >= 0.6 is 0 Å². The van der Waals surface area contributed by atoms with Crippen LogP contribution in [0, 0.1) is 0 Å². The van der Waals surface area contributed by atoms with Crippen LogP contribution in [0.1, 0.15) is 40.5 Å². The molecule has 0 bridgehead atoms. The number of sulfonamides is 2. The molecule has 2 atom stereocenters. The quantitative estimate of drug-likeness (QED) is 0.644. The molecule has 2 rings (SSSR count). The Bertz CT molecular complexity index is 900. The van der Waals surface area contributed by atoms with Crippen LogP contribution in [0.25, 0.3) is 11.1 Å². The highest BCUT2D eigenvalue weighted by atomic mass is 32.2. The van der Waals surface area contributed by atoms with Crippen LogP contribution in [0.2, 0.25) is 0 Å². The fourth-order valence-corrected chi connectivity index (χ4v) is 5.14. The maximum absolute atomic E-state index is 12.3. The third kappa shape index (κ3) is 5.64. The van der Waals surface area contributed by atoms with Crippen LogP contribution in [0.3, 0.4) is 0 Å². The maximum atomic E-state index is 12.3. The molecule has 6 nitrogen and oxygen atoms in total. The van der Waals surface area contributed by atoms with Gasteiger partial charge in [0.1, 0.15) is 0 Å². The van der Waals surface area contributed by atoms with Crippen LogP contribution in [0.4, 0.5) is 0 Å². The molecule has 0 aliphatic heterocycles. The third-order valence-corrected chi connectivity index (χ3v) is 7.81. The Morgan fingerprint density at radius 2 is 0.929 bits per heavy atom. The molecule has 0 aromatic heterocycles. The first-order valence-electron chi connectivity index (χ1n) is 9.34. The normalized spacial score (nSPS) is 14.6. The summed E-state index contributed by atoms with van der Waals surface area (Å²) in [6, 6.07) is 12.8. The molecule has 8 heteroatoms. The summed E-state index contributed by atoms with van der Waals surface area (Å²) < 4.78 is 54.6. The van der Waals surface area contributed by atoms with E-state index >= 15 is 0 Å². The molecule has 0 saturated carbocycles. The van der Waals surface area contributed by atoms with Crippen LogP contribution in [-0.4, -0.2) is 28.9 Å². The zero-order chi connectivity index (χ0) is 20.9. The van der Waals surface area contributed by atoms with Crippen molar-refractivity contribution in [2.45, 2.75) is 62.4 Å². The minimum absolute atomic E-state index is 0.136. The van der Waals surface area contributed by atoms with Crippen molar-refractivity contribution < 1.29 is 16.8 Å². The van der Waals surface area contributed by atoms with Crippen LogP contribution in [0.5, 0.6) is 0 Å². The van der Waals surface area contributed by atoms with Gasteiger partial charge in [-0.15, -0.1) is 0 Å². The lowest BCUT2D eigenvalue weighted by atomic mass is 10.1. The van der Waals surface area contributed by atoms with Gasteiger partial charge in [-0.05, 0) is 62.1 Å². The first kappa shape index (κ1) is 22.5. The Morgan fingerprint density at radius 1 is 0.643 bits per heavy atom. The summed E-state index contributed by atoms with van der Waals surface area (Å²) in [4.78, 5) is 0.405. The minimum atomic E-state index is -3.55. The van der Waals surface area contributed by atoms with Gasteiger partial charge in [0.2, 0.25) is 20.0 Å². The summed E-state index contributed by atoms with van der Waals surface area (Å²) in [5.41, 5.74) is 1.61. The summed E-state index contributed by atoms with van der Waals surface area (Å²) in [6.07, 6.45) is 1.41. The van der Waals surface area contributed by atoms with Crippen molar-refractivity contribution in [3.05, 3.63) is 48.5 Å². The van der Waals surface area contributed by atoms with E-state index < -0.39 is 20.0 Å². The number of benzene rings is 2. The molecule has 0 aliphatic rings. The van der Waals surface area contributed by atoms with Crippen LogP contribution < -0.4 is 9.44 Å². The van der Waals surface area contributed by atoms with E-state index in [-0.39, 0.29) is 21.9 Å². The molecule has 2 aromatic rings. The molecule has 2 aromatic carbocycles. The number of hydrogen-bond donors (Lipinski definition) is 2. The Labute approximate surface area is 168 Å². The third-order valence-electron chi connectivity index (χ3n) is 4.60. The number of nitrogens with one attached hydrogen (secondary N) is 2. The smallest absolute Gasteiger partial charge is 0.208 e. The predicted molar refractivity (Wildman–Crippen MR) is 112 cm³/mol. The molecular formula is C20H28N2O4S2. The fraction of sp³-hybridized carbons (Fsp3) is 0.400. The molecule has 0 spiro atoms. The van der Waals surface area contributed by atoms with E-state index in [9.17, 15) is 16.8 Å². The van der Waals surface area contributed by atoms with Crippen molar-refractivity contribution in [2.24, 2.45) is 0 Å². The second-order valence-corrected chi connectivity index (χ2v) is 10.3. The van der Waals surface area contributed by atoms with Gasteiger partial charge < -0.3 is 0 Å². The van der Waals surface area contributed by atoms with Gasteiger partial charge in [-0.3, -0.25) is 0 Å². The molecule has 0 heterocycles. The average molecular weight is 425 g/mol. The molecule has 0 aliphatic carbocycles. The minimum Gasteiger partial charge on any atom is -0.208 e. The Morgan fingerprint density at radius 3 is 1.18 bits per heavy atom. The van der Waals surface area contributed by atoms with Crippen molar-refractivity contribution in [1.29, 1.82) is 0 Å². The molecule has 0 fully saturated rings. The SMILES string of the molecule is CC[C@@H](C)NS(=O)(=O)c1ccc(-c2ccc(S(=O)(=O)N[C@H](C)CC)cc2)cc1. The second-order valence-electron chi connectivity index (χ2n) is 6.91. The summed E-state index contributed by atoms with van der Waals surface area (Å²) in [7, 11) is -7.10. The van der Waals surface area contributed by atoms with Crippen molar-refractivity contribution in [3.63, 3.8) is 0 Å². The lowest BCUT2D eigenvalue weighted by molar-refractivity contribution is 0.554. The molecular weight excluding hydrogens is 396 g/mol. The molecule has 0 amide bonds. The summed E-state index contributed by atoms with van der Waals surface area (Å²) >= 11 is 0. The number of rotatable bonds is 9. The fourth-order valence-electron chi connectivity index (χ4n) is 2.49. The van der Waals surface area contributed by atoms with Gasteiger partial charge in [0.15, 0.2) is 0 Å². The highest BCUT2D eigenvalue weighted by molar-refractivity contribution is 7.89. The molecule has 2 N–H and O–H groups in total. The van der Waals surface area contributed by atoms with Gasteiger partial charge in [0, 0.05) is 12.1 Å². The van der Waals surface area contributed by atoms with E-state index in [4.69, 9.17) is 0 Å². The van der Waals surface area contributed by atoms with Crippen molar-refractivity contribution >= 4 is 20.0 Å². The van der Waals surface area contributed by atoms with E-state index in [0.717, 1.165) is 11.1 Å².